The van der Waals surface area contributed by atoms with Gasteiger partial charge in [0.1, 0.15) is 12.2 Å². The van der Waals surface area contributed by atoms with Crippen molar-refractivity contribution in [3.63, 3.8) is 0 Å². The van der Waals surface area contributed by atoms with E-state index in [0.717, 1.165) is 22.5 Å². The van der Waals surface area contributed by atoms with Crippen LogP contribution in [-0.4, -0.2) is 30.6 Å². The summed E-state index contributed by atoms with van der Waals surface area (Å²) in [6.07, 6.45) is 3.65. The van der Waals surface area contributed by atoms with Crippen LogP contribution in [0.1, 0.15) is 27.6 Å². The van der Waals surface area contributed by atoms with Crippen molar-refractivity contribution in [3.8, 4) is 16.9 Å². The number of carboxylic acids is 1. The number of imidazole rings is 1. The molecule has 1 aromatic carbocycles. The standard InChI is InChI=1S/C16H11ClN4O2/c1-8-18-6-9-4-13-15(16(22)23)19-7-21(13)12-3-2-10(17)5-11(12)14(9)20-8/h2-3,5-7H,4H2,1H3,(H,22,23). The number of hydrogen-bond donors (Lipinski definition) is 1. The molecular weight excluding hydrogens is 316 g/mol. The lowest BCUT2D eigenvalue weighted by Crippen LogP contribution is -2.06. The van der Waals surface area contributed by atoms with Crippen LogP contribution in [0.5, 0.6) is 0 Å². The summed E-state index contributed by atoms with van der Waals surface area (Å²) in [6.45, 7) is 1.82. The van der Waals surface area contributed by atoms with E-state index in [4.69, 9.17) is 11.6 Å². The van der Waals surface area contributed by atoms with E-state index in [1.165, 1.54) is 6.33 Å². The lowest BCUT2D eigenvalue weighted by atomic mass is 10.0. The maximum absolute atomic E-state index is 11.5. The summed E-state index contributed by atoms with van der Waals surface area (Å²) in [6, 6.07) is 5.45. The van der Waals surface area contributed by atoms with Gasteiger partial charge >= 0.3 is 5.97 Å². The number of carbonyl (C=O) groups is 1. The molecule has 0 saturated carbocycles. The van der Waals surface area contributed by atoms with Gasteiger partial charge in [0, 0.05) is 28.8 Å². The topological polar surface area (TPSA) is 80.9 Å². The zero-order valence-electron chi connectivity index (χ0n) is 12.1. The summed E-state index contributed by atoms with van der Waals surface area (Å²) < 4.78 is 1.78. The Morgan fingerprint density at radius 3 is 2.96 bits per heavy atom. The highest BCUT2D eigenvalue weighted by Crippen LogP contribution is 2.36. The van der Waals surface area contributed by atoms with Gasteiger partial charge in [0.05, 0.1) is 17.1 Å². The molecular formula is C16H11ClN4O2. The highest BCUT2D eigenvalue weighted by molar-refractivity contribution is 6.31. The maximum Gasteiger partial charge on any atom is 0.356 e. The molecule has 3 aromatic rings. The summed E-state index contributed by atoms with van der Waals surface area (Å²) in [5.41, 5.74) is 3.91. The minimum Gasteiger partial charge on any atom is -0.476 e. The second kappa shape index (κ2) is 4.89. The molecule has 1 N–H and O–H groups in total. The first kappa shape index (κ1) is 13.9. The molecule has 0 unspecified atom stereocenters. The molecule has 0 bridgehead atoms. The lowest BCUT2D eigenvalue weighted by Gasteiger charge is -2.10. The molecule has 0 radical (unpaired) electrons. The van der Waals surface area contributed by atoms with E-state index in [0.29, 0.717) is 23.0 Å². The van der Waals surface area contributed by atoms with Gasteiger partial charge in [-0.15, -0.1) is 0 Å². The fourth-order valence-corrected chi connectivity index (χ4v) is 3.05. The van der Waals surface area contributed by atoms with Crippen LogP contribution >= 0.6 is 11.6 Å². The Hall–Kier alpha value is -2.73. The van der Waals surface area contributed by atoms with Gasteiger partial charge in [-0.2, -0.15) is 0 Å². The molecule has 0 amide bonds. The SMILES string of the molecule is Cc1ncc2c(n1)-c1cc(Cl)ccc1-n1cnc(C(=O)O)c1C2. The number of carboxylic acid groups (broad SMARTS) is 1. The van der Waals surface area contributed by atoms with Crippen molar-refractivity contribution in [1.82, 2.24) is 19.5 Å². The van der Waals surface area contributed by atoms with Crippen molar-refractivity contribution >= 4 is 17.6 Å². The van der Waals surface area contributed by atoms with Crippen LogP contribution in [0.2, 0.25) is 5.02 Å². The number of benzene rings is 1. The third kappa shape index (κ3) is 2.10. The molecule has 1 aliphatic rings. The molecule has 0 aliphatic carbocycles. The molecule has 6 nitrogen and oxygen atoms in total. The number of aryl methyl sites for hydroxylation is 1. The molecule has 3 heterocycles. The van der Waals surface area contributed by atoms with Crippen molar-refractivity contribution in [2.45, 2.75) is 13.3 Å². The predicted octanol–water partition coefficient (Wildman–Crippen LogP) is 2.89. The molecule has 0 spiro atoms. The summed E-state index contributed by atoms with van der Waals surface area (Å²) in [4.78, 5) is 24.3. The first-order valence-corrected chi connectivity index (χ1v) is 7.34. The van der Waals surface area contributed by atoms with Crippen LogP contribution < -0.4 is 0 Å². The largest absolute Gasteiger partial charge is 0.476 e. The van der Waals surface area contributed by atoms with E-state index in [1.54, 1.807) is 16.8 Å². The summed E-state index contributed by atoms with van der Waals surface area (Å²) in [5.74, 6) is -0.399. The zero-order valence-corrected chi connectivity index (χ0v) is 12.9. The molecule has 1 aliphatic heterocycles. The van der Waals surface area contributed by atoms with Gasteiger partial charge in [-0.25, -0.2) is 19.7 Å². The molecule has 114 valence electrons. The van der Waals surface area contributed by atoms with Crippen molar-refractivity contribution < 1.29 is 9.90 Å². The van der Waals surface area contributed by atoms with E-state index in [2.05, 4.69) is 15.0 Å². The van der Waals surface area contributed by atoms with Crippen molar-refractivity contribution in [2.24, 2.45) is 0 Å². The molecule has 23 heavy (non-hydrogen) atoms. The fourth-order valence-electron chi connectivity index (χ4n) is 2.87. The van der Waals surface area contributed by atoms with E-state index < -0.39 is 5.97 Å². The quantitative estimate of drug-likeness (QED) is 0.581. The van der Waals surface area contributed by atoms with Gasteiger partial charge in [0.2, 0.25) is 0 Å². The third-order valence-electron chi connectivity index (χ3n) is 3.89. The Labute approximate surface area is 136 Å². The Kier molecular flexibility index (Phi) is 2.96. The minimum atomic E-state index is -1.05. The number of aromatic nitrogens is 4. The summed E-state index contributed by atoms with van der Waals surface area (Å²) in [5, 5.41) is 9.97. The second-order valence-electron chi connectivity index (χ2n) is 5.34. The van der Waals surface area contributed by atoms with Crippen LogP contribution in [0.25, 0.3) is 16.9 Å². The first-order valence-electron chi connectivity index (χ1n) is 6.97. The van der Waals surface area contributed by atoms with Gasteiger partial charge in [0.25, 0.3) is 0 Å². The highest BCUT2D eigenvalue weighted by atomic mass is 35.5. The van der Waals surface area contributed by atoms with Crippen LogP contribution in [0.4, 0.5) is 0 Å². The van der Waals surface area contributed by atoms with Crippen LogP contribution in [-0.2, 0) is 6.42 Å². The summed E-state index contributed by atoms with van der Waals surface area (Å²) >= 11 is 6.16. The number of rotatable bonds is 1. The number of aromatic carboxylic acids is 1. The smallest absolute Gasteiger partial charge is 0.356 e. The molecule has 4 rings (SSSR count). The molecule has 0 atom stereocenters. The first-order chi connectivity index (χ1) is 11.0. The Morgan fingerprint density at radius 1 is 1.35 bits per heavy atom. The number of hydrogen-bond acceptors (Lipinski definition) is 4. The minimum absolute atomic E-state index is 0.0410. The van der Waals surface area contributed by atoms with Crippen LogP contribution in [0, 0.1) is 6.92 Å². The Morgan fingerprint density at radius 2 is 2.17 bits per heavy atom. The lowest BCUT2D eigenvalue weighted by molar-refractivity contribution is 0.0690. The molecule has 0 fully saturated rings. The number of nitrogens with zero attached hydrogens (tertiary/aromatic N) is 4. The third-order valence-corrected chi connectivity index (χ3v) is 4.12. The number of fused-ring (bicyclic) bond motifs is 5. The zero-order chi connectivity index (χ0) is 16.1. The normalized spacial score (nSPS) is 12.1. The second-order valence-corrected chi connectivity index (χ2v) is 5.78. The van der Waals surface area contributed by atoms with Gasteiger partial charge in [0.15, 0.2) is 5.69 Å². The van der Waals surface area contributed by atoms with Crippen molar-refractivity contribution in [1.29, 1.82) is 0 Å². The van der Waals surface area contributed by atoms with Crippen molar-refractivity contribution in [2.75, 3.05) is 0 Å². The van der Waals surface area contributed by atoms with Crippen LogP contribution in [0.15, 0.2) is 30.7 Å². The van der Waals surface area contributed by atoms with Gasteiger partial charge < -0.3 is 9.67 Å². The van der Waals surface area contributed by atoms with E-state index >= 15 is 0 Å². The van der Waals surface area contributed by atoms with Crippen LogP contribution in [0.3, 0.4) is 0 Å². The highest BCUT2D eigenvalue weighted by Gasteiger charge is 2.26. The average Bonchev–Trinajstić information content (AvgIpc) is 2.87. The van der Waals surface area contributed by atoms with E-state index in [1.807, 2.05) is 19.1 Å². The van der Waals surface area contributed by atoms with E-state index in [9.17, 15) is 9.90 Å². The molecule has 7 heteroatoms. The average molecular weight is 327 g/mol. The predicted molar refractivity (Wildman–Crippen MR) is 84.1 cm³/mol. The van der Waals surface area contributed by atoms with Gasteiger partial charge in [-0.05, 0) is 25.1 Å². The van der Waals surface area contributed by atoms with Gasteiger partial charge in [-0.1, -0.05) is 11.6 Å². The van der Waals surface area contributed by atoms with Gasteiger partial charge in [-0.3, -0.25) is 0 Å². The summed E-state index contributed by atoms with van der Waals surface area (Å²) in [7, 11) is 0. The Balaban J connectivity index is 2.10. The molecule has 2 aromatic heterocycles. The van der Waals surface area contributed by atoms with Crippen molar-refractivity contribution in [3.05, 3.63) is 58.5 Å². The fraction of sp³-hybridized carbons (Fsp3) is 0.125. The van der Waals surface area contributed by atoms with E-state index in [-0.39, 0.29) is 5.69 Å². The Bertz CT molecular complexity index is 965. The maximum atomic E-state index is 11.5. The molecule has 0 saturated heterocycles. The number of halogens is 1. The monoisotopic (exact) mass is 326 g/mol.